The van der Waals surface area contributed by atoms with Gasteiger partial charge in [0, 0.05) is 13.1 Å². The molecule has 0 saturated carbocycles. The number of nitrogens with zero attached hydrogens (tertiary/aromatic N) is 1. The Kier molecular flexibility index (Phi) is 3.93. The van der Waals surface area contributed by atoms with Crippen molar-refractivity contribution in [3.63, 3.8) is 0 Å². The van der Waals surface area contributed by atoms with Gasteiger partial charge < -0.3 is 9.84 Å². The lowest BCUT2D eigenvalue weighted by atomic mass is 10.1. The highest BCUT2D eigenvalue weighted by Crippen LogP contribution is 2.23. The lowest BCUT2D eigenvalue weighted by Crippen LogP contribution is -2.46. The Bertz CT molecular complexity index is 438. The number of carboxylic acids is 1. The van der Waals surface area contributed by atoms with Gasteiger partial charge in [0.05, 0.1) is 12.7 Å². The maximum absolute atomic E-state index is 13.1. The molecule has 1 N–H and O–H groups in total. The van der Waals surface area contributed by atoms with Crippen LogP contribution in [0, 0.1) is 5.82 Å². The Hall–Kier alpha value is -1.46. The van der Waals surface area contributed by atoms with E-state index in [0.29, 0.717) is 19.7 Å². The number of rotatable bonds is 3. The lowest BCUT2D eigenvalue weighted by Gasteiger charge is -2.35. The average molecular weight is 253 g/mol. The van der Waals surface area contributed by atoms with Crippen molar-refractivity contribution in [1.82, 2.24) is 4.90 Å². The topological polar surface area (TPSA) is 49.8 Å². The number of hydrogen-bond acceptors (Lipinski definition) is 3. The molecule has 0 aliphatic carbocycles. The number of halogens is 1. The van der Waals surface area contributed by atoms with E-state index in [1.54, 1.807) is 19.1 Å². The second kappa shape index (κ2) is 5.46. The number of benzene rings is 1. The molecule has 2 atom stereocenters. The van der Waals surface area contributed by atoms with Gasteiger partial charge in [-0.2, -0.15) is 0 Å². The Morgan fingerprint density at radius 3 is 3.06 bits per heavy atom. The van der Waals surface area contributed by atoms with Crippen molar-refractivity contribution < 1.29 is 19.0 Å². The summed E-state index contributed by atoms with van der Waals surface area (Å²) in [4.78, 5) is 12.8. The average Bonchev–Trinajstić information content (AvgIpc) is 2.38. The third-order valence-electron chi connectivity index (χ3n) is 3.22. The van der Waals surface area contributed by atoms with Crippen LogP contribution in [0.25, 0.3) is 0 Å². The maximum Gasteiger partial charge on any atom is 0.320 e. The number of ether oxygens (including phenoxy) is 1. The highest BCUT2D eigenvalue weighted by molar-refractivity contribution is 5.72. The molecule has 1 fully saturated rings. The van der Waals surface area contributed by atoms with Crippen LogP contribution in [-0.2, 0) is 9.53 Å². The molecule has 5 heteroatoms. The van der Waals surface area contributed by atoms with E-state index < -0.39 is 12.0 Å². The second-order valence-electron chi connectivity index (χ2n) is 4.42. The minimum Gasteiger partial charge on any atom is -0.480 e. The molecule has 18 heavy (non-hydrogen) atoms. The summed E-state index contributed by atoms with van der Waals surface area (Å²) in [6.45, 7) is 3.16. The van der Waals surface area contributed by atoms with E-state index >= 15 is 0 Å². The first-order valence-electron chi connectivity index (χ1n) is 5.92. The third-order valence-corrected chi connectivity index (χ3v) is 3.22. The Labute approximate surface area is 105 Å². The van der Waals surface area contributed by atoms with E-state index in [2.05, 4.69) is 0 Å². The van der Waals surface area contributed by atoms with Gasteiger partial charge in [0.2, 0.25) is 0 Å². The second-order valence-corrected chi connectivity index (χ2v) is 4.42. The summed E-state index contributed by atoms with van der Waals surface area (Å²) in [5, 5.41) is 8.99. The first kappa shape index (κ1) is 13.0. The molecule has 1 heterocycles. The van der Waals surface area contributed by atoms with Gasteiger partial charge in [-0.15, -0.1) is 0 Å². The van der Waals surface area contributed by atoms with Crippen LogP contribution in [0.3, 0.4) is 0 Å². The van der Waals surface area contributed by atoms with E-state index in [4.69, 9.17) is 9.84 Å². The number of aliphatic carboxylic acids is 1. The fourth-order valence-corrected chi connectivity index (χ4v) is 2.09. The largest absolute Gasteiger partial charge is 0.480 e. The van der Waals surface area contributed by atoms with Crippen LogP contribution < -0.4 is 0 Å². The van der Waals surface area contributed by atoms with Crippen molar-refractivity contribution in [3.05, 3.63) is 35.6 Å². The van der Waals surface area contributed by atoms with Crippen molar-refractivity contribution in [2.75, 3.05) is 19.7 Å². The van der Waals surface area contributed by atoms with Gasteiger partial charge in [-0.25, -0.2) is 4.39 Å². The van der Waals surface area contributed by atoms with Gasteiger partial charge in [-0.3, -0.25) is 9.69 Å². The fraction of sp³-hybridized carbons (Fsp3) is 0.462. The molecule has 0 aromatic heterocycles. The lowest BCUT2D eigenvalue weighted by molar-refractivity contribution is -0.145. The summed E-state index contributed by atoms with van der Waals surface area (Å²) < 4.78 is 18.7. The van der Waals surface area contributed by atoms with Gasteiger partial charge in [0.1, 0.15) is 11.9 Å². The van der Waals surface area contributed by atoms with Crippen LogP contribution >= 0.6 is 0 Å². The highest BCUT2D eigenvalue weighted by atomic mass is 19.1. The minimum absolute atomic E-state index is 0.267. The minimum atomic E-state index is -0.852. The molecule has 1 aliphatic heterocycles. The summed E-state index contributed by atoms with van der Waals surface area (Å²) >= 11 is 0. The summed E-state index contributed by atoms with van der Waals surface area (Å²) in [5.74, 6) is -1.16. The summed E-state index contributed by atoms with van der Waals surface area (Å²) in [7, 11) is 0. The molecule has 1 aliphatic rings. The number of carbonyl (C=O) groups is 1. The van der Waals surface area contributed by atoms with Crippen LogP contribution in [-0.4, -0.2) is 41.7 Å². The summed E-state index contributed by atoms with van der Waals surface area (Å²) in [6.07, 6.45) is -0.267. The molecule has 1 aromatic rings. The summed E-state index contributed by atoms with van der Waals surface area (Å²) in [6, 6.07) is 5.68. The normalized spacial score (nSPS) is 22.7. The van der Waals surface area contributed by atoms with Gasteiger partial charge in [-0.1, -0.05) is 12.1 Å². The van der Waals surface area contributed by atoms with Gasteiger partial charge >= 0.3 is 5.97 Å². The molecule has 0 unspecified atom stereocenters. The van der Waals surface area contributed by atoms with Gasteiger partial charge in [-0.05, 0) is 24.6 Å². The van der Waals surface area contributed by atoms with Crippen molar-refractivity contribution >= 4 is 5.97 Å². The zero-order valence-electron chi connectivity index (χ0n) is 10.2. The van der Waals surface area contributed by atoms with E-state index in [9.17, 15) is 9.18 Å². The predicted octanol–water partition coefficient (Wildman–Crippen LogP) is 1.67. The Balaban J connectivity index is 2.09. The summed E-state index contributed by atoms with van der Waals surface area (Å²) in [5.41, 5.74) is 0.747. The van der Waals surface area contributed by atoms with Crippen molar-refractivity contribution in [3.8, 4) is 0 Å². The quantitative estimate of drug-likeness (QED) is 0.890. The molecule has 1 aromatic carbocycles. The standard InChI is InChI=1S/C13H16FNO3/c1-9(13(16)17)15-5-6-18-12(8-15)10-3-2-4-11(14)7-10/h2-4,7,9,12H,5-6,8H2,1H3,(H,16,17)/t9-,12-/m1/s1. The molecule has 0 amide bonds. The molecular formula is C13H16FNO3. The maximum atomic E-state index is 13.1. The smallest absolute Gasteiger partial charge is 0.320 e. The molecule has 4 nitrogen and oxygen atoms in total. The Morgan fingerprint density at radius 1 is 1.61 bits per heavy atom. The molecule has 98 valence electrons. The van der Waals surface area contributed by atoms with E-state index in [0.717, 1.165) is 5.56 Å². The molecule has 0 radical (unpaired) electrons. The molecule has 0 bridgehead atoms. The third kappa shape index (κ3) is 2.86. The number of hydrogen-bond donors (Lipinski definition) is 1. The van der Waals surface area contributed by atoms with Gasteiger partial charge in [0.15, 0.2) is 0 Å². The zero-order chi connectivity index (χ0) is 13.1. The first-order chi connectivity index (χ1) is 8.58. The highest BCUT2D eigenvalue weighted by Gasteiger charge is 2.28. The van der Waals surface area contributed by atoms with Crippen LogP contribution in [0.15, 0.2) is 24.3 Å². The Morgan fingerprint density at radius 2 is 2.39 bits per heavy atom. The van der Waals surface area contributed by atoms with Crippen LogP contribution in [0.1, 0.15) is 18.6 Å². The van der Waals surface area contributed by atoms with Crippen LogP contribution in [0.4, 0.5) is 4.39 Å². The zero-order valence-corrected chi connectivity index (χ0v) is 10.2. The molecular weight excluding hydrogens is 237 g/mol. The SMILES string of the molecule is C[C@H](C(=O)O)N1CCO[C@@H](c2cccc(F)c2)C1. The van der Waals surface area contributed by atoms with E-state index in [1.807, 2.05) is 4.90 Å². The molecule has 2 rings (SSSR count). The number of carboxylic acid groups (broad SMARTS) is 1. The van der Waals surface area contributed by atoms with E-state index in [-0.39, 0.29) is 11.9 Å². The predicted molar refractivity (Wildman–Crippen MR) is 63.8 cm³/mol. The monoisotopic (exact) mass is 253 g/mol. The van der Waals surface area contributed by atoms with Gasteiger partial charge in [0.25, 0.3) is 0 Å². The van der Waals surface area contributed by atoms with Crippen molar-refractivity contribution in [2.45, 2.75) is 19.1 Å². The van der Waals surface area contributed by atoms with E-state index in [1.165, 1.54) is 12.1 Å². The van der Waals surface area contributed by atoms with Crippen LogP contribution in [0.2, 0.25) is 0 Å². The fourth-order valence-electron chi connectivity index (χ4n) is 2.09. The van der Waals surface area contributed by atoms with Crippen LogP contribution in [0.5, 0.6) is 0 Å². The van der Waals surface area contributed by atoms with Crippen molar-refractivity contribution in [1.29, 1.82) is 0 Å². The molecule has 0 spiro atoms. The first-order valence-corrected chi connectivity index (χ1v) is 5.92. The van der Waals surface area contributed by atoms with Crippen molar-refractivity contribution in [2.24, 2.45) is 0 Å². The molecule has 1 saturated heterocycles. The number of morpholine rings is 1.